The molecule has 0 saturated heterocycles. The van der Waals surface area contributed by atoms with Crippen LogP contribution in [0.4, 0.5) is 4.39 Å². The van der Waals surface area contributed by atoms with E-state index < -0.39 is 15.8 Å². The molecule has 2 aromatic rings. The van der Waals surface area contributed by atoms with Crippen molar-refractivity contribution in [3.05, 3.63) is 48.3 Å². The lowest BCUT2D eigenvalue weighted by Crippen LogP contribution is -2.28. The number of nitrogens with one attached hydrogen (secondary N) is 1. The summed E-state index contributed by atoms with van der Waals surface area (Å²) in [6, 6.07) is 10.2. The summed E-state index contributed by atoms with van der Waals surface area (Å²) in [6.07, 6.45) is 0. The van der Waals surface area contributed by atoms with Gasteiger partial charge >= 0.3 is 0 Å². The predicted octanol–water partition coefficient (Wildman–Crippen LogP) is 1.91. The number of fused-ring (bicyclic) bond motifs is 1. The van der Waals surface area contributed by atoms with Gasteiger partial charge in [-0.15, -0.1) is 0 Å². The Bertz CT molecular complexity index is 809. The van der Waals surface area contributed by atoms with Gasteiger partial charge in [0.25, 0.3) is 0 Å². The second kappa shape index (κ2) is 6.43. The molecule has 0 bridgehead atoms. The molecule has 0 radical (unpaired) electrons. The number of hydrogen-bond donors (Lipinski definition) is 1. The van der Waals surface area contributed by atoms with E-state index in [1.165, 1.54) is 18.2 Å². The van der Waals surface area contributed by atoms with E-state index in [9.17, 15) is 12.8 Å². The summed E-state index contributed by atoms with van der Waals surface area (Å²) in [5.41, 5.74) is 0. The first-order valence-corrected chi connectivity index (χ1v) is 8.31. The first kappa shape index (κ1) is 15.6. The molecule has 0 atom stereocenters. The monoisotopic (exact) mass is 339 g/mol. The maximum Gasteiger partial charge on any atom is 0.243 e. The van der Waals surface area contributed by atoms with Crippen LogP contribution in [0.5, 0.6) is 17.2 Å². The van der Waals surface area contributed by atoms with E-state index in [2.05, 4.69) is 4.72 Å². The average molecular weight is 339 g/mol. The first-order valence-electron chi connectivity index (χ1n) is 6.83. The topological polar surface area (TPSA) is 73.9 Å². The van der Waals surface area contributed by atoms with Crippen LogP contribution < -0.4 is 18.9 Å². The minimum Gasteiger partial charge on any atom is -0.492 e. The second-order valence-corrected chi connectivity index (χ2v) is 6.43. The molecule has 0 fully saturated rings. The lowest BCUT2D eigenvalue weighted by Gasteiger charge is -2.09. The number of ether oxygens (including phenoxy) is 3. The van der Waals surface area contributed by atoms with E-state index in [4.69, 9.17) is 14.2 Å². The van der Waals surface area contributed by atoms with Crippen LogP contribution in [0.1, 0.15) is 0 Å². The van der Waals surface area contributed by atoms with Crippen molar-refractivity contribution in [1.29, 1.82) is 0 Å². The normalized spacial score (nSPS) is 13.1. The van der Waals surface area contributed by atoms with Gasteiger partial charge < -0.3 is 14.2 Å². The van der Waals surface area contributed by atoms with Crippen molar-refractivity contribution in [2.75, 3.05) is 19.9 Å². The van der Waals surface area contributed by atoms with Gasteiger partial charge in [0.05, 0.1) is 0 Å². The molecule has 6 nitrogen and oxygen atoms in total. The van der Waals surface area contributed by atoms with Crippen LogP contribution in [0.25, 0.3) is 0 Å². The van der Waals surface area contributed by atoms with Crippen LogP contribution in [0, 0.1) is 5.82 Å². The molecule has 0 amide bonds. The molecule has 2 aromatic carbocycles. The molecule has 23 heavy (non-hydrogen) atoms. The summed E-state index contributed by atoms with van der Waals surface area (Å²) in [5.74, 6) is 0.947. The SMILES string of the molecule is O=S(=O)(NCCOc1ccc2c(c1)OCO2)c1ccccc1F. The molecular formula is C15H14FNO5S. The summed E-state index contributed by atoms with van der Waals surface area (Å²) in [6.45, 7) is 0.264. The molecule has 1 aliphatic rings. The van der Waals surface area contributed by atoms with Crippen molar-refractivity contribution < 1.29 is 27.0 Å². The standard InChI is InChI=1S/C15H14FNO5S/c16-12-3-1-2-4-15(12)23(18,19)17-7-8-20-11-5-6-13-14(9-11)22-10-21-13/h1-6,9,17H,7-8,10H2. The summed E-state index contributed by atoms with van der Waals surface area (Å²) in [5, 5.41) is 0. The second-order valence-electron chi connectivity index (χ2n) is 4.69. The number of sulfonamides is 1. The van der Waals surface area contributed by atoms with Gasteiger partial charge in [0.15, 0.2) is 11.5 Å². The highest BCUT2D eigenvalue weighted by molar-refractivity contribution is 7.89. The molecule has 0 spiro atoms. The number of hydrogen-bond acceptors (Lipinski definition) is 5. The van der Waals surface area contributed by atoms with Crippen molar-refractivity contribution >= 4 is 10.0 Å². The average Bonchev–Trinajstić information content (AvgIpc) is 2.99. The van der Waals surface area contributed by atoms with Crippen molar-refractivity contribution in [1.82, 2.24) is 4.72 Å². The smallest absolute Gasteiger partial charge is 0.243 e. The number of rotatable bonds is 6. The van der Waals surface area contributed by atoms with Gasteiger partial charge in [-0.1, -0.05) is 12.1 Å². The Labute approximate surface area is 132 Å². The zero-order valence-electron chi connectivity index (χ0n) is 12.0. The summed E-state index contributed by atoms with van der Waals surface area (Å²) in [4.78, 5) is -0.386. The van der Waals surface area contributed by atoms with E-state index in [-0.39, 0.29) is 24.8 Å². The highest BCUT2D eigenvalue weighted by Gasteiger charge is 2.18. The molecule has 0 aliphatic carbocycles. The van der Waals surface area contributed by atoms with Crippen LogP contribution in [0.15, 0.2) is 47.4 Å². The van der Waals surface area contributed by atoms with Gasteiger partial charge in [0, 0.05) is 12.6 Å². The molecule has 0 aromatic heterocycles. The summed E-state index contributed by atoms with van der Waals surface area (Å²) < 4.78 is 55.6. The van der Waals surface area contributed by atoms with E-state index in [0.29, 0.717) is 17.2 Å². The van der Waals surface area contributed by atoms with E-state index in [1.54, 1.807) is 18.2 Å². The lowest BCUT2D eigenvalue weighted by atomic mass is 10.3. The molecule has 0 saturated carbocycles. The Hall–Kier alpha value is -2.32. The lowest BCUT2D eigenvalue weighted by molar-refractivity contribution is 0.173. The van der Waals surface area contributed by atoms with E-state index in [0.717, 1.165) is 6.07 Å². The van der Waals surface area contributed by atoms with Gasteiger partial charge in [-0.3, -0.25) is 0 Å². The van der Waals surface area contributed by atoms with Crippen LogP contribution >= 0.6 is 0 Å². The van der Waals surface area contributed by atoms with Gasteiger partial charge in [-0.2, -0.15) is 0 Å². The fraction of sp³-hybridized carbons (Fsp3) is 0.200. The van der Waals surface area contributed by atoms with Crippen molar-refractivity contribution in [3.63, 3.8) is 0 Å². The highest BCUT2D eigenvalue weighted by Crippen LogP contribution is 2.34. The molecule has 122 valence electrons. The molecule has 3 rings (SSSR count). The van der Waals surface area contributed by atoms with Gasteiger partial charge in [0.1, 0.15) is 23.1 Å². The van der Waals surface area contributed by atoms with Crippen LogP contribution in [0.3, 0.4) is 0 Å². The van der Waals surface area contributed by atoms with Crippen molar-refractivity contribution in [2.24, 2.45) is 0 Å². The van der Waals surface area contributed by atoms with Crippen LogP contribution in [0.2, 0.25) is 0 Å². The van der Waals surface area contributed by atoms with Gasteiger partial charge in [-0.05, 0) is 24.3 Å². The van der Waals surface area contributed by atoms with Crippen LogP contribution in [-0.2, 0) is 10.0 Å². The zero-order valence-corrected chi connectivity index (χ0v) is 12.8. The fourth-order valence-corrected chi connectivity index (χ4v) is 3.14. The Morgan fingerprint density at radius 3 is 2.74 bits per heavy atom. The summed E-state index contributed by atoms with van der Waals surface area (Å²) >= 11 is 0. The van der Waals surface area contributed by atoms with Crippen LogP contribution in [-0.4, -0.2) is 28.4 Å². The van der Waals surface area contributed by atoms with Gasteiger partial charge in [0.2, 0.25) is 16.8 Å². The maximum atomic E-state index is 13.5. The van der Waals surface area contributed by atoms with Gasteiger partial charge in [-0.25, -0.2) is 17.5 Å². The van der Waals surface area contributed by atoms with Crippen molar-refractivity contribution in [2.45, 2.75) is 4.90 Å². The van der Waals surface area contributed by atoms with E-state index >= 15 is 0 Å². The third-order valence-corrected chi connectivity index (χ3v) is 4.63. The molecule has 1 aliphatic heterocycles. The van der Waals surface area contributed by atoms with Crippen molar-refractivity contribution in [3.8, 4) is 17.2 Å². The quantitative estimate of drug-likeness (QED) is 0.814. The zero-order chi connectivity index (χ0) is 16.3. The highest BCUT2D eigenvalue weighted by atomic mass is 32.2. The fourth-order valence-electron chi connectivity index (χ4n) is 2.05. The summed E-state index contributed by atoms with van der Waals surface area (Å²) in [7, 11) is -3.90. The molecule has 1 N–H and O–H groups in total. The third-order valence-electron chi connectivity index (χ3n) is 3.13. The molecule has 1 heterocycles. The maximum absolute atomic E-state index is 13.5. The minimum atomic E-state index is -3.90. The van der Waals surface area contributed by atoms with E-state index in [1.807, 2.05) is 0 Å². The number of benzene rings is 2. The molecular weight excluding hydrogens is 325 g/mol. The first-order chi connectivity index (χ1) is 11.1. The number of halogens is 1. The minimum absolute atomic E-state index is 0.00507. The predicted molar refractivity (Wildman–Crippen MR) is 79.6 cm³/mol. The molecule has 8 heteroatoms. The molecule has 0 unspecified atom stereocenters. The Morgan fingerprint density at radius 1 is 1.13 bits per heavy atom. The largest absolute Gasteiger partial charge is 0.492 e. The Balaban J connectivity index is 1.54. The Morgan fingerprint density at radius 2 is 1.91 bits per heavy atom. The Kier molecular flexibility index (Phi) is 4.35. The third kappa shape index (κ3) is 3.54.